The van der Waals surface area contributed by atoms with E-state index in [2.05, 4.69) is 36.5 Å². The molecule has 0 aromatic heterocycles. The SMILES string of the molecule is CC(=O)/C=C/CCC=CCCC=CCCC=CCC/C=C/C(C)=O. The first kappa shape index (κ1) is 22.0. The molecule has 2 heteroatoms. The summed E-state index contributed by atoms with van der Waals surface area (Å²) in [5, 5.41) is 0. The molecule has 132 valence electrons. The van der Waals surface area contributed by atoms with E-state index >= 15 is 0 Å². The fourth-order valence-electron chi connectivity index (χ4n) is 1.98. The number of hydrogen-bond acceptors (Lipinski definition) is 2. The van der Waals surface area contributed by atoms with E-state index < -0.39 is 0 Å². The van der Waals surface area contributed by atoms with Gasteiger partial charge in [0.15, 0.2) is 11.6 Å². The van der Waals surface area contributed by atoms with E-state index in [4.69, 9.17) is 0 Å². The van der Waals surface area contributed by atoms with E-state index in [-0.39, 0.29) is 11.6 Å². The molecule has 0 aromatic rings. The molecule has 0 N–H and O–H groups in total. The van der Waals surface area contributed by atoms with Crippen molar-refractivity contribution in [2.24, 2.45) is 0 Å². The summed E-state index contributed by atoms with van der Waals surface area (Å²) in [7, 11) is 0. The van der Waals surface area contributed by atoms with Gasteiger partial charge in [0.05, 0.1) is 0 Å². The molecule has 24 heavy (non-hydrogen) atoms. The van der Waals surface area contributed by atoms with Crippen LogP contribution in [-0.2, 0) is 9.59 Å². The summed E-state index contributed by atoms with van der Waals surface area (Å²) in [6.45, 7) is 3.14. The van der Waals surface area contributed by atoms with Crippen LogP contribution in [0.3, 0.4) is 0 Å². The van der Waals surface area contributed by atoms with Crippen molar-refractivity contribution in [3.8, 4) is 0 Å². The van der Waals surface area contributed by atoms with Crippen LogP contribution in [0, 0.1) is 0 Å². The molecule has 0 aliphatic rings. The van der Waals surface area contributed by atoms with Gasteiger partial charge >= 0.3 is 0 Å². The lowest BCUT2D eigenvalue weighted by Crippen LogP contribution is -1.79. The molecule has 0 atom stereocenters. The predicted octanol–water partition coefficient (Wildman–Crippen LogP) is 6.07. The van der Waals surface area contributed by atoms with E-state index in [1.54, 1.807) is 26.0 Å². The topological polar surface area (TPSA) is 34.1 Å². The summed E-state index contributed by atoms with van der Waals surface area (Å²) in [6.07, 6.45) is 28.6. The number of carbonyl (C=O) groups is 2. The second kappa shape index (κ2) is 17.4. The number of ketones is 2. The molecule has 0 amide bonds. The molecule has 0 unspecified atom stereocenters. The monoisotopic (exact) mass is 328 g/mol. The first-order valence-corrected chi connectivity index (χ1v) is 8.92. The summed E-state index contributed by atoms with van der Waals surface area (Å²) in [5.41, 5.74) is 0. The molecule has 2 nitrogen and oxygen atoms in total. The zero-order chi connectivity index (χ0) is 17.9. The van der Waals surface area contributed by atoms with Gasteiger partial charge < -0.3 is 0 Å². The van der Waals surface area contributed by atoms with Crippen molar-refractivity contribution in [2.45, 2.75) is 65.2 Å². The maximum Gasteiger partial charge on any atom is 0.152 e. The number of rotatable bonds is 14. The molecule has 0 spiro atoms. The van der Waals surface area contributed by atoms with Gasteiger partial charge in [-0.05, 0) is 77.4 Å². The van der Waals surface area contributed by atoms with Crippen molar-refractivity contribution in [1.29, 1.82) is 0 Å². The Hall–Kier alpha value is -1.96. The quantitative estimate of drug-likeness (QED) is 0.220. The Morgan fingerprint density at radius 3 is 0.875 bits per heavy atom. The Morgan fingerprint density at radius 1 is 0.458 bits per heavy atom. The Kier molecular flexibility index (Phi) is 16.0. The van der Waals surface area contributed by atoms with Crippen LogP contribution >= 0.6 is 0 Å². The molecule has 0 aliphatic carbocycles. The molecule has 0 fully saturated rings. The molecular formula is C22H32O2. The largest absolute Gasteiger partial charge is 0.295 e. The Bertz CT molecular complexity index is 432. The molecule has 0 heterocycles. The van der Waals surface area contributed by atoms with Crippen molar-refractivity contribution >= 4 is 11.6 Å². The van der Waals surface area contributed by atoms with Crippen LogP contribution in [0.25, 0.3) is 0 Å². The smallest absolute Gasteiger partial charge is 0.152 e. The van der Waals surface area contributed by atoms with Crippen molar-refractivity contribution < 1.29 is 9.59 Å². The molecule has 0 saturated carbocycles. The van der Waals surface area contributed by atoms with Crippen molar-refractivity contribution in [3.05, 3.63) is 60.8 Å². The summed E-state index contributed by atoms with van der Waals surface area (Å²) >= 11 is 0. The summed E-state index contributed by atoms with van der Waals surface area (Å²) < 4.78 is 0. The van der Waals surface area contributed by atoms with Gasteiger partial charge in [-0.2, -0.15) is 0 Å². The maximum atomic E-state index is 10.7. The van der Waals surface area contributed by atoms with Crippen LogP contribution in [0.15, 0.2) is 60.8 Å². The minimum Gasteiger partial charge on any atom is -0.295 e. The second-order valence-electron chi connectivity index (χ2n) is 5.75. The molecule has 0 aromatic carbocycles. The molecule has 0 bridgehead atoms. The fourth-order valence-corrected chi connectivity index (χ4v) is 1.98. The minimum absolute atomic E-state index is 0.115. The van der Waals surface area contributed by atoms with Crippen LogP contribution in [-0.4, -0.2) is 11.6 Å². The van der Waals surface area contributed by atoms with Gasteiger partial charge in [-0.25, -0.2) is 0 Å². The van der Waals surface area contributed by atoms with Crippen molar-refractivity contribution in [2.75, 3.05) is 0 Å². The van der Waals surface area contributed by atoms with Gasteiger partial charge in [-0.15, -0.1) is 0 Å². The Balaban J connectivity index is 3.43. The van der Waals surface area contributed by atoms with Gasteiger partial charge in [0, 0.05) is 0 Å². The summed E-state index contributed by atoms with van der Waals surface area (Å²) in [5.74, 6) is 0.229. The van der Waals surface area contributed by atoms with Crippen LogP contribution < -0.4 is 0 Å². The predicted molar refractivity (Wildman–Crippen MR) is 104 cm³/mol. The number of unbranched alkanes of at least 4 members (excludes halogenated alkanes) is 4. The first-order chi connectivity index (χ1) is 11.6. The normalized spacial score (nSPS) is 12.6. The molecular weight excluding hydrogens is 296 g/mol. The van der Waals surface area contributed by atoms with E-state index in [0.717, 1.165) is 51.4 Å². The highest BCUT2D eigenvalue weighted by Gasteiger charge is 1.83. The van der Waals surface area contributed by atoms with E-state index in [9.17, 15) is 9.59 Å². The minimum atomic E-state index is 0.115. The highest BCUT2D eigenvalue weighted by molar-refractivity contribution is 5.87. The zero-order valence-electron chi connectivity index (χ0n) is 15.2. The lowest BCUT2D eigenvalue weighted by Gasteiger charge is -1.90. The maximum absolute atomic E-state index is 10.7. The standard InChI is InChI=1S/C22H32O2/c1-21(23)19-17-15-13-11-9-7-5-3-4-6-8-10-12-14-16-18-20-22(2)24/h3-4,9-12,17-20H,5-8,13-16H2,1-2H3/b4-3?,11-9?,12-10?,19-17+,20-18+. The second-order valence-corrected chi connectivity index (χ2v) is 5.75. The lowest BCUT2D eigenvalue weighted by atomic mass is 10.2. The van der Waals surface area contributed by atoms with Crippen LogP contribution in [0.2, 0.25) is 0 Å². The summed E-state index contributed by atoms with van der Waals surface area (Å²) in [6, 6.07) is 0. The third-order valence-corrected chi connectivity index (χ3v) is 3.21. The number of carbonyl (C=O) groups excluding carboxylic acids is 2. The lowest BCUT2D eigenvalue weighted by molar-refractivity contribution is -0.113. The molecule has 0 radical (unpaired) electrons. The van der Waals surface area contributed by atoms with Crippen molar-refractivity contribution in [3.63, 3.8) is 0 Å². The van der Waals surface area contributed by atoms with E-state index in [1.165, 1.54) is 0 Å². The van der Waals surface area contributed by atoms with Gasteiger partial charge in [0.1, 0.15) is 0 Å². The number of allylic oxidation sites excluding steroid dienone is 10. The Labute approximate surface area is 147 Å². The fraction of sp³-hybridized carbons (Fsp3) is 0.455. The van der Waals surface area contributed by atoms with Crippen molar-refractivity contribution in [1.82, 2.24) is 0 Å². The van der Waals surface area contributed by atoms with Gasteiger partial charge in [-0.1, -0.05) is 48.6 Å². The van der Waals surface area contributed by atoms with E-state index in [0.29, 0.717) is 0 Å². The number of hydrogen-bond donors (Lipinski definition) is 0. The van der Waals surface area contributed by atoms with Gasteiger partial charge in [0.2, 0.25) is 0 Å². The zero-order valence-corrected chi connectivity index (χ0v) is 15.2. The Morgan fingerprint density at radius 2 is 0.667 bits per heavy atom. The van der Waals surface area contributed by atoms with Crippen LogP contribution in [0.4, 0.5) is 0 Å². The average molecular weight is 328 g/mol. The molecule has 0 saturated heterocycles. The highest BCUT2D eigenvalue weighted by Crippen LogP contribution is 2.01. The summed E-state index contributed by atoms with van der Waals surface area (Å²) in [4.78, 5) is 21.4. The third-order valence-electron chi connectivity index (χ3n) is 3.21. The van der Waals surface area contributed by atoms with Gasteiger partial charge in [0.25, 0.3) is 0 Å². The average Bonchev–Trinajstić information content (AvgIpc) is 2.53. The van der Waals surface area contributed by atoms with Crippen LogP contribution in [0.1, 0.15) is 65.2 Å². The third kappa shape index (κ3) is 20.0. The van der Waals surface area contributed by atoms with Crippen LogP contribution in [0.5, 0.6) is 0 Å². The highest BCUT2D eigenvalue weighted by atomic mass is 16.1. The van der Waals surface area contributed by atoms with E-state index in [1.807, 2.05) is 12.2 Å². The molecule has 0 aliphatic heterocycles. The first-order valence-electron chi connectivity index (χ1n) is 8.92. The van der Waals surface area contributed by atoms with Gasteiger partial charge in [-0.3, -0.25) is 9.59 Å². The molecule has 0 rings (SSSR count).